The van der Waals surface area contributed by atoms with Gasteiger partial charge in [-0.05, 0) is 18.7 Å². The standard InChI is InChI=1S/C11H11ClN4/c12-9-3-1-8(2-4-9)10-7-14-16-11(15-10)5-6-13/h1-4,7H,5-6,13H2. The van der Waals surface area contributed by atoms with Gasteiger partial charge in [-0.1, -0.05) is 23.7 Å². The number of nitrogens with zero attached hydrogens (tertiary/aromatic N) is 3. The zero-order valence-corrected chi connectivity index (χ0v) is 9.35. The van der Waals surface area contributed by atoms with Crippen molar-refractivity contribution in [1.82, 2.24) is 15.2 Å². The van der Waals surface area contributed by atoms with Gasteiger partial charge in [0.05, 0.1) is 11.9 Å². The summed E-state index contributed by atoms with van der Waals surface area (Å²) in [5.41, 5.74) is 7.20. The summed E-state index contributed by atoms with van der Waals surface area (Å²) in [7, 11) is 0. The molecule has 1 aromatic carbocycles. The zero-order chi connectivity index (χ0) is 11.4. The van der Waals surface area contributed by atoms with Crippen molar-refractivity contribution >= 4 is 11.6 Å². The summed E-state index contributed by atoms with van der Waals surface area (Å²) < 4.78 is 0. The third-order valence-corrected chi connectivity index (χ3v) is 2.36. The van der Waals surface area contributed by atoms with E-state index in [9.17, 15) is 0 Å². The van der Waals surface area contributed by atoms with E-state index in [1.807, 2.05) is 24.3 Å². The molecule has 0 aliphatic heterocycles. The lowest BCUT2D eigenvalue weighted by Gasteiger charge is -2.02. The first kappa shape index (κ1) is 11.0. The molecule has 82 valence electrons. The second-order valence-electron chi connectivity index (χ2n) is 3.30. The van der Waals surface area contributed by atoms with Crippen LogP contribution in [-0.2, 0) is 6.42 Å². The van der Waals surface area contributed by atoms with Crippen LogP contribution in [0.15, 0.2) is 30.5 Å². The molecule has 0 bridgehead atoms. The lowest BCUT2D eigenvalue weighted by molar-refractivity contribution is 0.812. The fraction of sp³-hybridized carbons (Fsp3) is 0.182. The maximum absolute atomic E-state index is 5.82. The van der Waals surface area contributed by atoms with Crippen molar-refractivity contribution in [3.8, 4) is 11.3 Å². The van der Waals surface area contributed by atoms with Gasteiger partial charge in [-0.2, -0.15) is 5.10 Å². The van der Waals surface area contributed by atoms with E-state index in [2.05, 4.69) is 15.2 Å². The highest BCUT2D eigenvalue weighted by Gasteiger charge is 2.02. The first-order valence-corrected chi connectivity index (χ1v) is 5.32. The molecule has 16 heavy (non-hydrogen) atoms. The lowest BCUT2D eigenvalue weighted by Crippen LogP contribution is -2.07. The highest BCUT2D eigenvalue weighted by atomic mass is 35.5. The quantitative estimate of drug-likeness (QED) is 0.878. The molecule has 0 saturated heterocycles. The number of benzene rings is 1. The van der Waals surface area contributed by atoms with E-state index < -0.39 is 0 Å². The van der Waals surface area contributed by atoms with E-state index in [0.29, 0.717) is 23.8 Å². The molecule has 2 rings (SSSR count). The highest BCUT2D eigenvalue weighted by molar-refractivity contribution is 6.30. The van der Waals surface area contributed by atoms with E-state index >= 15 is 0 Å². The molecule has 0 radical (unpaired) electrons. The molecule has 0 fully saturated rings. The maximum atomic E-state index is 5.82. The van der Waals surface area contributed by atoms with Gasteiger partial charge >= 0.3 is 0 Å². The molecule has 2 aromatic rings. The van der Waals surface area contributed by atoms with Crippen molar-refractivity contribution in [2.24, 2.45) is 5.73 Å². The van der Waals surface area contributed by atoms with Gasteiger partial charge in [0.1, 0.15) is 0 Å². The van der Waals surface area contributed by atoms with Crippen LogP contribution in [0.5, 0.6) is 0 Å². The van der Waals surface area contributed by atoms with Crippen LogP contribution in [0.3, 0.4) is 0 Å². The molecule has 0 spiro atoms. The smallest absolute Gasteiger partial charge is 0.152 e. The Balaban J connectivity index is 2.32. The average molecular weight is 235 g/mol. The van der Waals surface area contributed by atoms with Gasteiger partial charge in [0.15, 0.2) is 5.82 Å². The number of nitrogens with two attached hydrogens (primary N) is 1. The van der Waals surface area contributed by atoms with Gasteiger partial charge in [0.25, 0.3) is 0 Å². The Morgan fingerprint density at radius 1 is 1.19 bits per heavy atom. The second-order valence-corrected chi connectivity index (χ2v) is 3.74. The van der Waals surface area contributed by atoms with Gasteiger partial charge in [-0.3, -0.25) is 0 Å². The van der Waals surface area contributed by atoms with Gasteiger partial charge in [0, 0.05) is 17.0 Å². The Hall–Kier alpha value is -1.52. The van der Waals surface area contributed by atoms with Crippen molar-refractivity contribution < 1.29 is 0 Å². The SMILES string of the molecule is NCCc1nncc(-c2ccc(Cl)cc2)n1. The van der Waals surface area contributed by atoms with Crippen LogP contribution in [0.1, 0.15) is 5.82 Å². The van der Waals surface area contributed by atoms with Gasteiger partial charge in [-0.25, -0.2) is 4.98 Å². The minimum absolute atomic E-state index is 0.520. The van der Waals surface area contributed by atoms with E-state index in [4.69, 9.17) is 17.3 Å². The summed E-state index contributed by atoms with van der Waals surface area (Å²) in [6.45, 7) is 0.520. The highest BCUT2D eigenvalue weighted by Crippen LogP contribution is 2.18. The van der Waals surface area contributed by atoms with E-state index in [1.165, 1.54) is 0 Å². The van der Waals surface area contributed by atoms with Gasteiger partial charge < -0.3 is 5.73 Å². The van der Waals surface area contributed by atoms with E-state index in [1.54, 1.807) is 6.20 Å². The number of hydrogen-bond acceptors (Lipinski definition) is 4. The van der Waals surface area contributed by atoms with E-state index in [0.717, 1.165) is 11.3 Å². The number of hydrogen-bond donors (Lipinski definition) is 1. The molecular weight excluding hydrogens is 224 g/mol. The van der Waals surface area contributed by atoms with Crippen LogP contribution in [-0.4, -0.2) is 21.7 Å². The van der Waals surface area contributed by atoms with Crippen LogP contribution in [0.25, 0.3) is 11.3 Å². The Labute approximate surface area is 98.5 Å². The number of rotatable bonds is 3. The van der Waals surface area contributed by atoms with Crippen molar-refractivity contribution in [2.75, 3.05) is 6.54 Å². The maximum Gasteiger partial charge on any atom is 0.152 e. The predicted molar refractivity (Wildman–Crippen MR) is 63.0 cm³/mol. The van der Waals surface area contributed by atoms with Crippen molar-refractivity contribution in [2.45, 2.75) is 6.42 Å². The predicted octanol–water partition coefficient (Wildman–Crippen LogP) is 1.69. The first-order chi connectivity index (χ1) is 7.79. The molecule has 2 N–H and O–H groups in total. The lowest BCUT2D eigenvalue weighted by atomic mass is 10.2. The van der Waals surface area contributed by atoms with Crippen LogP contribution in [0, 0.1) is 0 Å². The molecule has 0 unspecified atom stereocenters. The average Bonchev–Trinajstić information content (AvgIpc) is 2.31. The molecule has 4 nitrogen and oxygen atoms in total. The topological polar surface area (TPSA) is 64.7 Å². The fourth-order valence-corrected chi connectivity index (χ4v) is 1.46. The van der Waals surface area contributed by atoms with Gasteiger partial charge in [0.2, 0.25) is 0 Å². The Bertz CT molecular complexity index is 470. The summed E-state index contributed by atoms with van der Waals surface area (Å²) in [4.78, 5) is 4.37. The molecule has 1 heterocycles. The summed E-state index contributed by atoms with van der Waals surface area (Å²) >= 11 is 5.82. The number of halogens is 1. The molecule has 1 aromatic heterocycles. The third kappa shape index (κ3) is 2.53. The molecule has 5 heteroatoms. The van der Waals surface area contributed by atoms with Crippen molar-refractivity contribution in [1.29, 1.82) is 0 Å². The molecule has 0 aliphatic carbocycles. The fourth-order valence-electron chi connectivity index (χ4n) is 1.34. The second kappa shape index (κ2) is 5.01. The van der Waals surface area contributed by atoms with Crippen LogP contribution >= 0.6 is 11.6 Å². The molecule has 0 atom stereocenters. The molecule has 0 saturated carbocycles. The molecule has 0 aliphatic rings. The third-order valence-electron chi connectivity index (χ3n) is 2.11. The van der Waals surface area contributed by atoms with Crippen molar-refractivity contribution in [3.05, 3.63) is 41.3 Å². The molecule has 0 amide bonds. The zero-order valence-electron chi connectivity index (χ0n) is 8.60. The summed E-state index contributed by atoms with van der Waals surface area (Å²) in [5, 5.41) is 8.51. The van der Waals surface area contributed by atoms with Gasteiger partial charge in [-0.15, -0.1) is 5.10 Å². The van der Waals surface area contributed by atoms with Crippen molar-refractivity contribution in [3.63, 3.8) is 0 Å². The largest absolute Gasteiger partial charge is 0.330 e. The normalized spacial score (nSPS) is 10.4. The summed E-state index contributed by atoms with van der Waals surface area (Å²) in [6, 6.07) is 7.44. The Kier molecular flexibility index (Phi) is 3.44. The Morgan fingerprint density at radius 3 is 2.62 bits per heavy atom. The first-order valence-electron chi connectivity index (χ1n) is 4.94. The minimum atomic E-state index is 0.520. The van der Waals surface area contributed by atoms with Crippen LogP contribution < -0.4 is 5.73 Å². The minimum Gasteiger partial charge on any atom is -0.330 e. The van der Waals surface area contributed by atoms with E-state index in [-0.39, 0.29) is 0 Å². The Morgan fingerprint density at radius 2 is 1.94 bits per heavy atom. The molecular formula is C11H11ClN4. The summed E-state index contributed by atoms with van der Waals surface area (Å²) in [6.07, 6.45) is 2.26. The monoisotopic (exact) mass is 234 g/mol. The summed E-state index contributed by atoms with van der Waals surface area (Å²) in [5.74, 6) is 0.662. The number of aromatic nitrogens is 3. The van der Waals surface area contributed by atoms with Crippen LogP contribution in [0.2, 0.25) is 5.02 Å². The van der Waals surface area contributed by atoms with Crippen LogP contribution in [0.4, 0.5) is 0 Å².